The van der Waals surface area contributed by atoms with Gasteiger partial charge < -0.3 is 15.4 Å². The number of nitrogens with one attached hydrogen (secondary N) is 3. The van der Waals surface area contributed by atoms with E-state index in [0.717, 1.165) is 25.9 Å². The van der Waals surface area contributed by atoms with Crippen LogP contribution in [0.2, 0.25) is 0 Å². The van der Waals surface area contributed by atoms with E-state index >= 15 is 0 Å². The summed E-state index contributed by atoms with van der Waals surface area (Å²) < 4.78 is 6.07. The van der Waals surface area contributed by atoms with Gasteiger partial charge in [-0.25, -0.2) is 4.98 Å². The van der Waals surface area contributed by atoms with E-state index < -0.39 is 0 Å². The molecule has 2 aliphatic rings. The molecule has 4 heterocycles. The Labute approximate surface area is 152 Å². The predicted octanol–water partition coefficient (Wildman–Crippen LogP) is 1.14. The van der Waals surface area contributed by atoms with Crippen molar-refractivity contribution in [2.24, 2.45) is 5.41 Å². The van der Waals surface area contributed by atoms with Crippen LogP contribution in [0, 0.1) is 5.41 Å². The molecule has 0 bridgehead atoms. The summed E-state index contributed by atoms with van der Waals surface area (Å²) in [5.74, 6) is -0.367. The number of carbonyl (C=O) groups excluding carboxylic acids is 2. The van der Waals surface area contributed by atoms with Gasteiger partial charge >= 0.3 is 5.97 Å². The monoisotopic (exact) mass is 407 g/mol. The number of piperidine rings is 1. The number of carbonyl (C=O) groups is 2. The van der Waals surface area contributed by atoms with Crippen LogP contribution in [0.5, 0.6) is 0 Å². The van der Waals surface area contributed by atoms with Crippen LogP contribution in [0.1, 0.15) is 29.6 Å². The topological polar surface area (TPSA) is 109 Å². The SMILES string of the molecule is O=C(NCC1CC2(CCNCC2)C(=O)O1)c1cc(Br)nc2[nH]ncc12. The highest BCUT2D eigenvalue weighted by Crippen LogP contribution is 2.41. The molecule has 2 aromatic heterocycles. The lowest BCUT2D eigenvalue weighted by atomic mass is 9.76. The van der Waals surface area contributed by atoms with Crippen molar-refractivity contribution >= 4 is 38.8 Å². The lowest BCUT2D eigenvalue weighted by molar-refractivity contribution is -0.149. The molecule has 1 unspecified atom stereocenters. The second kappa shape index (κ2) is 6.38. The molecule has 1 atom stereocenters. The summed E-state index contributed by atoms with van der Waals surface area (Å²) in [6, 6.07) is 1.65. The van der Waals surface area contributed by atoms with Gasteiger partial charge in [0.25, 0.3) is 5.91 Å². The highest BCUT2D eigenvalue weighted by Gasteiger charge is 2.49. The largest absolute Gasteiger partial charge is 0.460 e. The van der Waals surface area contributed by atoms with Crippen molar-refractivity contribution in [3.8, 4) is 0 Å². The Morgan fingerprint density at radius 2 is 2.24 bits per heavy atom. The third-order valence-electron chi connectivity index (χ3n) is 5.01. The standard InChI is InChI=1S/C16H18BrN5O3/c17-12-5-10(11-8-20-22-13(11)21-12)14(23)19-7-9-6-16(15(24)25-9)1-3-18-4-2-16/h5,8-9,18H,1-4,6-7H2,(H,19,23)(H,20,21,22). The maximum absolute atomic E-state index is 12.6. The summed E-state index contributed by atoms with van der Waals surface area (Å²) in [5, 5.41) is 13.5. The first-order chi connectivity index (χ1) is 12.1. The van der Waals surface area contributed by atoms with Gasteiger partial charge in [0.1, 0.15) is 10.7 Å². The number of hydrogen-bond acceptors (Lipinski definition) is 6. The van der Waals surface area contributed by atoms with Crippen molar-refractivity contribution in [3.05, 3.63) is 22.4 Å². The normalized spacial score (nSPS) is 22.3. The molecule has 2 aliphatic heterocycles. The van der Waals surface area contributed by atoms with Gasteiger partial charge in [0.2, 0.25) is 0 Å². The highest BCUT2D eigenvalue weighted by molar-refractivity contribution is 9.10. The second-order valence-electron chi connectivity index (χ2n) is 6.60. The Morgan fingerprint density at radius 3 is 3.04 bits per heavy atom. The van der Waals surface area contributed by atoms with Crippen molar-refractivity contribution in [1.29, 1.82) is 0 Å². The van der Waals surface area contributed by atoms with E-state index in [0.29, 0.717) is 34.2 Å². The minimum Gasteiger partial charge on any atom is -0.460 e. The van der Waals surface area contributed by atoms with Crippen molar-refractivity contribution in [1.82, 2.24) is 25.8 Å². The molecule has 132 valence electrons. The molecule has 25 heavy (non-hydrogen) atoms. The van der Waals surface area contributed by atoms with Crippen LogP contribution in [0.4, 0.5) is 0 Å². The number of aromatic nitrogens is 3. The number of H-pyrrole nitrogens is 1. The van der Waals surface area contributed by atoms with Crippen molar-refractivity contribution in [2.45, 2.75) is 25.4 Å². The number of pyridine rings is 1. The average molecular weight is 408 g/mol. The van der Waals surface area contributed by atoms with E-state index in [1.54, 1.807) is 12.3 Å². The van der Waals surface area contributed by atoms with Crippen LogP contribution in [-0.4, -0.2) is 52.8 Å². The molecule has 2 fully saturated rings. The zero-order chi connectivity index (χ0) is 17.4. The zero-order valence-corrected chi connectivity index (χ0v) is 15.1. The number of fused-ring (bicyclic) bond motifs is 1. The van der Waals surface area contributed by atoms with Crippen LogP contribution < -0.4 is 10.6 Å². The number of amides is 1. The van der Waals surface area contributed by atoms with Crippen molar-refractivity contribution in [3.63, 3.8) is 0 Å². The number of rotatable bonds is 3. The maximum atomic E-state index is 12.6. The lowest BCUT2D eigenvalue weighted by Crippen LogP contribution is -2.39. The van der Waals surface area contributed by atoms with Crippen LogP contribution in [0.25, 0.3) is 11.0 Å². The Balaban J connectivity index is 1.44. The Bertz CT molecular complexity index is 830. The first-order valence-electron chi connectivity index (χ1n) is 8.27. The van der Waals surface area contributed by atoms with Crippen LogP contribution in [0.15, 0.2) is 16.9 Å². The molecule has 4 rings (SSSR count). The molecule has 3 N–H and O–H groups in total. The van der Waals surface area contributed by atoms with E-state index in [-0.39, 0.29) is 23.4 Å². The van der Waals surface area contributed by atoms with Gasteiger partial charge in [-0.05, 0) is 47.9 Å². The van der Waals surface area contributed by atoms with Gasteiger partial charge in [-0.3, -0.25) is 14.7 Å². The molecule has 2 aromatic rings. The van der Waals surface area contributed by atoms with Crippen LogP contribution in [-0.2, 0) is 9.53 Å². The van der Waals surface area contributed by atoms with Gasteiger partial charge in [0.05, 0.1) is 29.1 Å². The highest BCUT2D eigenvalue weighted by atomic mass is 79.9. The van der Waals surface area contributed by atoms with E-state index in [9.17, 15) is 9.59 Å². The molecule has 1 amide bonds. The minimum absolute atomic E-state index is 0.128. The lowest BCUT2D eigenvalue weighted by Gasteiger charge is -2.29. The quantitative estimate of drug-likeness (QED) is 0.519. The number of esters is 1. The molecule has 0 aliphatic carbocycles. The van der Waals surface area contributed by atoms with Gasteiger partial charge in [0.15, 0.2) is 5.65 Å². The van der Waals surface area contributed by atoms with Gasteiger partial charge in [-0.1, -0.05) is 0 Å². The Hall–Kier alpha value is -2.00. The third kappa shape index (κ3) is 3.02. The molecule has 0 saturated carbocycles. The van der Waals surface area contributed by atoms with E-state index in [1.807, 2.05) is 0 Å². The molecule has 0 aromatic carbocycles. The van der Waals surface area contributed by atoms with E-state index in [2.05, 4.69) is 41.7 Å². The van der Waals surface area contributed by atoms with Crippen LogP contribution in [0.3, 0.4) is 0 Å². The number of cyclic esters (lactones) is 1. The number of aromatic amines is 1. The summed E-state index contributed by atoms with van der Waals surface area (Å²) in [6.07, 6.45) is 3.55. The molecule has 8 nitrogen and oxygen atoms in total. The molecule has 9 heteroatoms. The number of halogens is 1. The summed E-state index contributed by atoms with van der Waals surface area (Å²) >= 11 is 3.30. The molecule has 0 radical (unpaired) electrons. The summed E-state index contributed by atoms with van der Waals surface area (Å²) in [7, 11) is 0. The smallest absolute Gasteiger partial charge is 0.312 e. The predicted molar refractivity (Wildman–Crippen MR) is 93.0 cm³/mol. The van der Waals surface area contributed by atoms with E-state index in [4.69, 9.17) is 4.74 Å². The first-order valence-corrected chi connectivity index (χ1v) is 9.06. The molecule has 2 saturated heterocycles. The Morgan fingerprint density at radius 1 is 1.44 bits per heavy atom. The van der Waals surface area contributed by atoms with Crippen molar-refractivity contribution < 1.29 is 14.3 Å². The summed E-state index contributed by atoms with van der Waals surface area (Å²) in [6.45, 7) is 1.97. The number of nitrogens with zero attached hydrogens (tertiary/aromatic N) is 2. The molecule has 1 spiro atoms. The zero-order valence-electron chi connectivity index (χ0n) is 13.5. The third-order valence-corrected chi connectivity index (χ3v) is 5.42. The summed E-state index contributed by atoms with van der Waals surface area (Å²) in [4.78, 5) is 29.1. The van der Waals surface area contributed by atoms with Crippen molar-refractivity contribution in [2.75, 3.05) is 19.6 Å². The molecular formula is C16H18BrN5O3. The molecular weight excluding hydrogens is 390 g/mol. The fourth-order valence-electron chi connectivity index (χ4n) is 3.65. The Kier molecular flexibility index (Phi) is 4.20. The first kappa shape index (κ1) is 16.5. The number of hydrogen-bond donors (Lipinski definition) is 3. The fraction of sp³-hybridized carbons (Fsp3) is 0.500. The second-order valence-corrected chi connectivity index (χ2v) is 7.41. The fourth-order valence-corrected chi connectivity index (χ4v) is 4.06. The van der Waals surface area contributed by atoms with Gasteiger partial charge in [0, 0.05) is 6.42 Å². The summed E-state index contributed by atoms with van der Waals surface area (Å²) in [5.41, 5.74) is 0.644. The average Bonchev–Trinajstić information content (AvgIpc) is 3.18. The minimum atomic E-state index is -0.377. The van der Waals surface area contributed by atoms with E-state index in [1.165, 1.54) is 0 Å². The van der Waals surface area contributed by atoms with Crippen LogP contribution >= 0.6 is 15.9 Å². The van der Waals surface area contributed by atoms with Gasteiger partial charge in [-0.2, -0.15) is 5.10 Å². The maximum Gasteiger partial charge on any atom is 0.312 e. The number of ether oxygens (including phenoxy) is 1. The van der Waals surface area contributed by atoms with Gasteiger partial charge in [-0.15, -0.1) is 0 Å².